The van der Waals surface area contributed by atoms with Gasteiger partial charge in [0.05, 0.1) is 29.6 Å². The highest BCUT2D eigenvalue weighted by molar-refractivity contribution is 8.02. The maximum absolute atomic E-state index is 8.71. The minimum Gasteiger partial charge on any atom is -0.357 e. The van der Waals surface area contributed by atoms with Gasteiger partial charge in [-0.25, -0.2) is 10.1 Å². The Kier molecular flexibility index (Phi) is 4.21. The molecule has 0 aliphatic heterocycles. The smallest absolute Gasteiger partial charge is 0.290 e. The van der Waals surface area contributed by atoms with Crippen LogP contribution in [0.5, 0.6) is 0 Å². The standard InChI is InChI=1S/C10H8N4S/c1-12-9(6-11)10(15-2)14-8-4-3-5-13-7-8/h3-5,7,14H,2H3/b10-9+. The molecular formula is C10H8N4S. The number of pyridine rings is 1. The third-order valence-electron chi connectivity index (χ3n) is 1.56. The molecule has 0 saturated carbocycles. The van der Waals surface area contributed by atoms with Crippen LogP contribution in [0.25, 0.3) is 4.85 Å². The van der Waals surface area contributed by atoms with Crippen LogP contribution in [0.1, 0.15) is 0 Å². The van der Waals surface area contributed by atoms with Gasteiger partial charge in [0, 0.05) is 6.20 Å². The predicted octanol–water partition coefficient (Wildman–Crippen LogP) is 2.47. The second-order valence-electron chi connectivity index (χ2n) is 2.47. The molecule has 0 unspecified atom stereocenters. The molecular weight excluding hydrogens is 208 g/mol. The first kappa shape index (κ1) is 11.1. The van der Waals surface area contributed by atoms with E-state index in [2.05, 4.69) is 15.1 Å². The quantitative estimate of drug-likeness (QED) is 0.623. The van der Waals surface area contributed by atoms with Crippen LogP contribution in [0.2, 0.25) is 0 Å². The van der Waals surface area contributed by atoms with Crippen molar-refractivity contribution in [2.45, 2.75) is 0 Å². The molecule has 1 N–H and O–H groups in total. The molecule has 1 rings (SSSR count). The molecule has 5 heteroatoms. The number of allylic oxidation sites excluding steroid dienone is 1. The van der Waals surface area contributed by atoms with Crippen LogP contribution in [0.4, 0.5) is 5.69 Å². The number of aromatic nitrogens is 1. The van der Waals surface area contributed by atoms with Crippen molar-refractivity contribution in [2.24, 2.45) is 0 Å². The molecule has 15 heavy (non-hydrogen) atoms. The highest BCUT2D eigenvalue weighted by Gasteiger charge is 2.05. The fourth-order valence-electron chi connectivity index (χ4n) is 0.901. The number of thioether (sulfide) groups is 1. The van der Waals surface area contributed by atoms with Gasteiger partial charge in [0.15, 0.2) is 0 Å². The topological polar surface area (TPSA) is 53.1 Å². The normalized spacial score (nSPS) is 10.9. The zero-order valence-electron chi connectivity index (χ0n) is 8.06. The van der Waals surface area contributed by atoms with Crippen molar-refractivity contribution in [3.8, 4) is 6.07 Å². The Balaban J connectivity index is 2.95. The molecule has 4 nitrogen and oxygen atoms in total. The molecule has 1 aromatic heterocycles. The molecule has 0 aliphatic rings. The second kappa shape index (κ2) is 5.69. The minimum absolute atomic E-state index is 0.0614. The van der Waals surface area contributed by atoms with Crippen molar-refractivity contribution >= 4 is 17.4 Å². The molecule has 0 saturated heterocycles. The lowest BCUT2D eigenvalue weighted by Gasteiger charge is -2.07. The van der Waals surface area contributed by atoms with Gasteiger partial charge in [0.2, 0.25) is 0 Å². The lowest BCUT2D eigenvalue weighted by atomic mass is 10.4. The number of hydrogen-bond donors (Lipinski definition) is 1. The third-order valence-corrected chi connectivity index (χ3v) is 2.26. The number of nitriles is 1. The van der Waals surface area contributed by atoms with Gasteiger partial charge in [-0.1, -0.05) is 0 Å². The first-order valence-corrected chi connectivity index (χ1v) is 5.27. The predicted molar refractivity (Wildman–Crippen MR) is 60.6 cm³/mol. The van der Waals surface area contributed by atoms with Gasteiger partial charge >= 0.3 is 0 Å². The third kappa shape index (κ3) is 3.01. The van der Waals surface area contributed by atoms with Crippen LogP contribution in [-0.2, 0) is 0 Å². The van der Waals surface area contributed by atoms with E-state index in [1.165, 1.54) is 11.8 Å². The summed E-state index contributed by atoms with van der Waals surface area (Å²) < 4.78 is 0. The van der Waals surface area contributed by atoms with Gasteiger partial charge in [0.1, 0.15) is 0 Å². The van der Waals surface area contributed by atoms with E-state index < -0.39 is 0 Å². The van der Waals surface area contributed by atoms with Crippen LogP contribution in [0, 0.1) is 17.9 Å². The van der Waals surface area contributed by atoms with E-state index in [9.17, 15) is 0 Å². The van der Waals surface area contributed by atoms with E-state index in [-0.39, 0.29) is 5.70 Å². The monoisotopic (exact) mass is 216 g/mol. The molecule has 1 aromatic rings. The van der Waals surface area contributed by atoms with Crippen LogP contribution >= 0.6 is 11.8 Å². The lowest BCUT2D eigenvalue weighted by Crippen LogP contribution is -1.98. The molecule has 0 bridgehead atoms. The summed E-state index contributed by atoms with van der Waals surface area (Å²) in [7, 11) is 0. The Hall–Kier alpha value is -1.98. The molecule has 0 atom stereocenters. The van der Waals surface area contributed by atoms with Gasteiger partial charge in [-0.3, -0.25) is 4.98 Å². The lowest BCUT2D eigenvalue weighted by molar-refractivity contribution is 1.32. The summed E-state index contributed by atoms with van der Waals surface area (Å²) in [6.45, 7) is 6.84. The largest absolute Gasteiger partial charge is 0.357 e. The van der Waals surface area contributed by atoms with E-state index in [0.717, 1.165) is 5.69 Å². The van der Waals surface area contributed by atoms with Crippen molar-refractivity contribution in [2.75, 3.05) is 11.6 Å². The Labute approximate surface area is 92.5 Å². The van der Waals surface area contributed by atoms with Crippen molar-refractivity contribution in [1.29, 1.82) is 5.26 Å². The molecule has 1 heterocycles. The van der Waals surface area contributed by atoms with Crippen LogP contribution < -0.4 is 5.32 Å². The van der Waals surface area contributed by atoms with E-state index in [4.69, 9.17) is 11.8 Å². The van der Waals surface area contributed by atoms with Crippen molar-refractivity contribution < 1.29 is 0 Å². The highest BCUT2D eigenvalue weighted by Crippen LogP contribution is 2.20. The summed E-state index contributed by atoms with van der Waals surface area (Å²) in [6.07, 6.45) is 5.10. The van der Waals surface area contributed by atoms with Gasteiger partial charge in [-0.05, 0) is 18.4 Å². The van der Waals surface area contributed by atoms with Crippen LogP contribution in [-0.4, -0.2) is 11.2 Å². The molecule has 0 aromatic carbocycles. The average molecular weight is 216 g/mol. The average Bonchev–Trinajstić information content (AvgIpc) is 2.30. The van der Waals surface area contributed by atoms with E-state index >= 15 is 0 Å². The fourth-order valence-corrected chi connectivity index (χ4v) is 1.41. The van der Waals surface area contributed by atoms with Crippen LogP contribution in [0.3, 0.4) is 0 Å². The van der Waals surface area contributed by atoms with Crippen molar-refractivity contribution in [3.05, 3.63) is 46.7 Å². The summed E-state index contributed by atoms with van der Waals surface area (Å²) in [5, 5.41) is 12.2. The Morgan fingerprint density at radius 3 is 3.00 bits per heavy atom. The first-order valence-electron chi connectivity index (χ1n) is 4.04. The van der Waals surface area contributed by atoms with E-state index in [0.29, 0.717) is 5.03 Å². The number of hydrogen-bond acceptors (Lipinski definition) is 4. The van der Waals surface area contributed by atoms with Gasteiger partial charge in [-0.2, -0.15) is 0 Å². The Morgan fingerprint density at radius 1 is 1.73 bits per heavy atom. The van der Waals surface area contributed by atoms with Crippen molar-refractivity contribution in [3.63, 3.8) is 0 Å². The van der Waals surface area contributed by atoms with Gasteiger partial charge in [-0.15, -0.1) is 11.8 Å². The van der Waals surface area contributed by atoms with Crippen LogP contribution in [0.15, 0.2) is 35.3 Å². The SMILES string of the molecule is [C-]#[N+]/C(C#N)=C(\Nc1cccnc1)SC. The summed E-state index contributed by atoms with van der Waals surface area (Å²) in [4.78, 5) is 7.07. The number of anilines is 1. The van der Waals surface area contributed by atoms with Gasteiger partial charge in [0.25, 0.3) is 5.70 Å². The fraction of sp³-hybridized carbons (Fsp3) is 0.100. The molecule has 74 valence electrons. The minimum atomic E-state index is 0.0614. The number of nitrogens with one attached hydrogen (secondary N) is 1. The van der Waals surface area contributed by atoms with Crippen molar-refractivity contribution in [1.82, 2.24) is 4.98 Å². The van der Waals surface area contributed by atoms with E-state index in [1.807, 2.05) is 12.1 Å². The zero-order chi connectivity index (χ0) is 11.1. The molecule has 0 radical (unpaired) electrons. The first-order chi connectivity index (χ1) is 7.31. The summed E-state index contributed by atoms with van der Waals surface area (Å²) in [6, 6.07) is 5.45. The Morgan fingerprint density at radius 2 is 2.53 bits per heavy atom. The zero-order valence-corrected chi connectivity index (χ0v) is 8.88. The maximum Gasteiger partial charge on any atom is 0.290 e. The summed E-state index contributed by atoms with van der Waals surface area (Å²) in [5.41, 5.74) is 0.824. The molecule has 0 spiro atoms. The Bertz CT molecular complexity index is 423. The summed E-state index contributed by atoms with van der Waals surface area (Å²) >= 11 is 1.33. The molecule has 0 fully saturated rings. The molecule has 0 aliphatic carbocycles. The van der Waals surface area contributed by atoms with E-state index in [1.54, 1.807) is 24.7 Å². The second-order valence-corrected chi connectivity index (χ2v) is 3.29. The molecule has 0 amide bonds. The van der Waals surface area contributed by atoms with Gasteiger partial charge < -0.3 is 5.32 Å². The highest BCUT2D eigenvalue weighted by atomic mass is 32.2. The summed E-state index contributed by atoms with van der Waals surface area (Å²) in [5.74, 6) is 0. The maximum atomic E-state index is 8.71. The number of rotatable bonds is 3. The number of nitrogens with zero attached hydrogens (tertiary/aromatic N) is 3.